The van der Waals surface area contributed by atoms with E-state index in [4.69, 9.17) is 16.7 Å². The molecule has 1 aromatic carbocycles. The summed E-state index contributed by atoms with van der Waals surface area (Å²) in [6.45, 7) is 0. The van der Waals surface area contributed by atoms with Gasteiger partial charge in [0, 0.05) is 17.0 Å². The number of carboxylic acid groups (broad SMARTS) is 1. The average molecular weight is 388 g/mol. The van der Waals surface area contributed by atoms with Crippen LogP contribution in [0.2, 0.25) is 5.02 Å². The number of aliphatic hydroxyl groups is 1. The van der Waals surface area contributed by atoms with E-state index in [1.54, 1.807) is 6.07 Å². The molecule has 1 aliphatic carbocycles. The van der Waals surface area contributed by atoms with Crippen LogP contribution in [0, 0.1) is 0 Å². The summed E-state index contributed by atoms with van der Waals surface area (Å²) in [5.74, 6) is -2.93. The maximum Gasteiger partial charge on any atom is 0.419 e. The van der Waals surface area contributed by atoms with Gasteiger partial charge in [-0.3, -0.25) is 0 Å². The summed E-state index contributed by atoms with van der Waals surface area (Å²) >= 11 is 5.96. The Labute approximate surface area is 149 Å². The van der Waals surface area contributed by atoms with Gasteiger partial charge in [0.05, 0.1) is 11.3 Å². The second-order valence-electron chi connectivity index (χ2n) is 5.69. The van der Waals surface area contributed by atoms with Crippen LogP contribution < -0.4 is 0 Å². The van der Waals surface area contributed by atoms with Crippen LogP contribution in [0.1, 0.15) is 5.56 Å². The number of aliphatic imine (C=N–C) groups is 1. The largest absolute Gasteiger partial charge is 0.509 e. The number of halogens is 5. The molecule has 1 atom stereocenters. The summed E-state index contributed by atoms with van der Waals surface area (Å²) in [7, 11) is 0. The lowest BCUT2D eigenvalue weighted by Gasteiger charge is -2.30. The van der Waals surface area contributed by atoms with Crippen molar-refractivity contribution in [3.05, 3.63) is 69.6 Å². The molecule has 4 nitrogen and oxygen atoms in total. The molecule has 26 heavy (non-hydrogen) atoms. The van der Waals surface area contributed by atoms with Gasteiger partial charge in [0.2, 0.25) is 0 Å². The van der Waals surface area contributed by atoms with Crippen molar-refractivity contribution >= 4 is 23.3 Å². The Bertz CT molecular complexity index is 930. The number of benzene rings is 1. The molecule has 0 bridgehead atoms. The summed E-state index contributed by atoms with van der Waals surface area (Å²) in [6.07, 6.45) is -4.10. The third-order valence-corrected chi connectivity index (χ3v) is 4.42. The van der Waals surface area contributed by atoms with Gasteiger partial charge >= 0.3 is 12.1 Å². The molecule has 136 valence electrons. The van der Waals surface area contributed by atoms with E-state index in [9.17, 15) is 23.1 Å². The van der Waals surface area contributed by atoms with Crippen molar-refractivity contribution in [2.45, 2.75) is 18.3 Å². The smallest absolute Gasteiger partial charge is 0.419 e. The molecule has 0 spiro atoms. The maximum atomic E-state index is 15.8. The van der Waals surface area contributed by atoms with Crippen molar-refractivity contribution in [1.29, 1.82) is 0 Å². The molecular formula is C17H10ClF4NO3. The fourth-order valence-electron chi connectivity index (χ4n) is 2.93. The second kappa shape index (κ2) is 5.98. The number of carboxylic acids is 1. The van der Waals surface area contributed by atoms with Crippen LogP contribution in [0.5, 0.6) is 0 Å². The van der Waals surface area contributed by atoms with Gasteiger partial charge in [-0.25, -0.2) is 14.2 Å². The summed E-state index contributed by atoms with van der Waals surface area (Å²) < 4.78 is 56.3. The van der Waals surface area contributed by atoms with Crippen LogP contribution >= 0.6 is 11.6 Å². The molecular weight excluding hydrogens is 378 g/mol. The first kappa shape index (κ1) is 18.2. The summed E-state index contributed by atoms with van der Waals surface area (Å²) in [6, 6.07) is 5.89. The van der Waals surface area contributed by atoms with Crippen LogP contribution in [-0.2, 0) is 11.2 Å². The minimum absolute atomic E-state index is 0.0972. The van der Waals surface area contributed by atoms with Gasteiger partial charge in [-0.15, -0.1) is 0 Å². The van der Waals surface area contributed by atoms with Gasteiger partial charge in [-0.2, -0.15) is 13.2 Å². The molecule has 0 radical (unpaired) electrons. The highest BCUT2D eigenvalue weighted by atomic mass is 35.5. The number of fused-ring (bicyclic) bond motifs is 1. The number of rotatable bonds is 3. The van der Waals surface area contributed by atoms with E-state index < -0.39 is 52.5 Å². The van der Waals surface area contributed by atoms with Gasteiger partial charge in [-0.05, 0) is 23.8 Å². The lowest BCUT2D eigenvalue weighted by molar-refractivity contribution is -0.130. The van der Waals surface area contributed by atoms with E-state index in [2.05, 4.69) is 4.99 Å². The predicted octanol–water partition coefficient (Wildman–Crippen LogP) is 4.33. The predicted molar refractivity (Wildman–Crippen MR) is 85.9 cm³/mol. The Morgan fingerprint density at radius 2 is 1.88 bits per heavy atom. The van der Waals surface area contributed by atoms with E-state index in [0.717, 1.165) is 12.2 Å². The number of hydrogen-bond donors (Lipinski definition) is 2. The van der Waals surface area contributed by atoms with Crippen LogP contribution in [0.4, 0.5) is 17.6 Å². The normalized spacial score (nSPS) is 22.6. The third kappa shape index (κ3) is 2.80. The van der Waals surface area contributed by atoms with E-state index in [1.807, 2.05) is 0 Å². The van der Waals surface area contributed by atoms with Crippen molar-refractivity contribution in [1.82, 2.24) is 0 Å². The number of nitrogens with zero attached hydrogens (tertiary/aromatic N) is 1. The Morgan fingerprint density at radius 3 is 2.46 bits per heavy atom. The number of hydrogen-bond acceptors (Lipinski definition) is 3. The lowest BCUT2D eigenvalue weighted by Crippen LogP contribution is -2.37. The van der Waals surface area contributed by atoms with Gasteiger partial charge in [0.25, 0.3) is 0 Å². The molecule has 1 aliphatic heterocycles. The number of allylic oxidation sites excluding steroid dienone is 4. The van der Waals surface area contributed by atoms with E-state index in [-0.39, 0.29) is 10.6 Å². The van der Waals surface area contributed by atoms with Gasteiger partial charge < -0.3 is 10.2 Å². The summed E-state index contributed by atoms with van der Waals surface area (Å²) in [5.41, 5.74) is -7.44. The van der Waals surface area contributed by atoms with Crippen LogP contribution in [0.25, 0.3) is 0 Å². The standard InChI is InChI=1S/C17H10ClF4NO3/c18-9-4-2-1-3-8(9)7-16(19)11(24)6-5-10-12(16)13(17(20,21)22)14(23-10)15(25)26/h1-6,24H,7H2,(H,25,26). The zero-order chi connectivity index (χ0) is 19.3. The first-order chi connectivity index (χ1) is 12.1. The van der Waals surface area contributed by atoms with Gasteiger partial charge in [0.1, 0.15) is 5.76 Å². The summed E-state index contributed by atoms with van der Waals surface area (Å²) in [4.78, 5) is 14.6. The van der Waals surface area contributed by atoms with Crippen LogP contribution in [0.3, 0.4) is 0 Å². The molecule has 0 amide bonds. The molecule has 9 heteroatoms. The van der Waals surface area contributed by atoms with E-state index in [0.29, 0.717) is 0 Å². The minimum atomic E-state index is -5.18. The maximum absolute atomic E-state index is 15.8. The minimum Gasteiger partial charge on any atom is -0.509 e. The van der Waals surface area contributed by atoms with E-state index >= 15 is 4.39 Å². The quantitative estimate of drug-likeness (QED) is 0.758. The van der Waals surface area contributed by atoms with E-state index in [1.165, 1.54) is 18.2 Å². The van der Waals surface area contributed by atoms with Crippen molar-refractivity contribution in [3.63, 3.8) is 0 Å². The molecule has 0 fully saturated rings. The number of carbonyl (C=O) groups is 1. The molecule has 1 aromatic rings. The summed E-state index contributed by atoms with van der Waals surface area (Å²) in [5, 5.41) is 19.2. The van der Waals surface area contributed by atoms with Crippen molar-refractivity contribution in [3.8, 4) is 0 Å². The molecule has 2 N–H and O–H groups in total. The lowest BCUT2D eigenvalue weighted by atomic mass is 9.80. The Balaban J connectivity index is 2.23. The SMILES string of the molecule is O=C(O)C1=NC2=CC=C(O)C(F)(Cc3ccccc3Cl)C2=C1C(F)(F)F. The molecule has 0 aromatic heterocycles. The van der Waals surface area contributed by atoms with Gasteiger partial charge in [-0.1, -0.05) is 29.8 Å². The highest BCUT2D eigenvalue weighted by Gasteiger charge is 2.55. The topological polar surface area (TPSA) is 69.9 Å². The second-order valence-corrected chi connectivity index (χ2v) is 6.09. The van der Waals surface area contributed by atoms with Crippen molar-refractivity contribution in [2.75, 3.05) is 0 Å². The zero-order valence-corrected chi connectivity index (χ0v) is 13.6. The van der Waals surface area contributed by atoms with Crippen LogP contribution in [0.15, 0.2) is 64.0 Å². The Kier molecular flexibility index (Phi) is 4.18. The number of alkyl halides is 4. The first-order valence-electron chi connectivity index (χ1n) is 7.24. The fraction of sp³-hybridized carbons (Fsp3) is 0.176. The first-order valence-corrected chi connectivity index (χ1v) is 7.62. The molecule has 0 saturated heterocycles. The number of aliphatic hydroxyl groups excluding tert-OH is 1. The Morgan fingerprint density at radius 1 is 1.23 bits per heavy atom. The van der Waals surface area contributed by atoms with Crippen molar-refractivity contribution in [2.24, 2.45) is 4.99 Å². The van der Waals surface area contributed by atoms with Crippen molar-refractivity contribution < 1.29 is 32.6 Å². The highest BCUT2D eigenvalue weighted by Crippen LogP contribution is 2.49. The van der Waals surface area contributed by atoms with Gasteiger partial charge in [0.15, 0.2) is 11.4 Å². The molecule has 0 saturated carbocycles. The number of aliphatic carboxylic acids is 1. The molecule has 1 heterocycles. The molecule has 3 rings (SSSR count). The average Bonchev–Trinajstić information content (AvgIpc) is 2.95. The monoisotopic (exact) mass is 387 g/mol. The fourth-order valence-corrected chi connectivity index (χ4v) is 3.13. The molecule has 2 aliphatic rings. The molecule has 1 unspecified atom stereocenters. The van der Waals surface area contributed by atoms with Crippen LogP contribution in [-0.4, -0.2) is 33.7 Å². The highest BCUT2D eigenvalue weighted by molar-refractivity contribution is 6.44. The Hall–Kier alpha value is -2.61. The third-order valence-electron chi connectivity index (χ3n) is 4.05. The zero-order valence-electron chi connectivity index (χ0n) is 12.8.